The number of carbonyl (C=O) groups excluding carboxylic acids is 1. The molecule has 0 atom stereocenters. The van der Waals surface area contributed by atoms with E-state index in [0.29, 0.717) is 24.1 Å². The van der Waals surface area contributed by atoms with Gasteiger partial charge in [0.05, 0.1) is 5.56 Å². The van der Waals surface area contributed by atoms with Gasteiger partial charge in [0.25, 0.3) is 5.91 Å². The van der Waals surface area contributed by atoms with Gasteiger partial charge in [0, 0.05) is 24.1 Å². The molecule has 8 heteroatoms. The topological polar surface area (TPSA) is 68.0 Å². The van der Waals surface area contributed by atoms with Crippen LogP contribution in [-0.2, 0) is 12.6 Å². The summed E-state index contributed by atoms with van der Waals surface area (Å²) in [7, 11) is 0. The number of alkyl halides is 3. The van der Waals surface area contributed by atoms with Crippen LogP contribution in [0.3, 0.4) is 0 Å². The van der Waals surface area contributed by atoms with E-state index in [1.807, 2.05) is 6.07 Å². The highest BCUT2D eigenvalue weighted by Gasteiger charge is 2.30. The van der Waals surface area contributed by atoms with Crippen molar-refractivity contribution in [1.82, 2.24) is 15.5 Å². The summed E-state index contributed by atoms with van der Waals surface area (Å²) in [5.41, 5.74) is 0.221. The maximum atomic E-state index is 12.6. The smallest absolute Gasteiger partial charge is 0.352 e. The first-order valence-electron chi connectivity index (χ1n) is 7.77. The average Bonchev–Trinajstić information content (AvgIpc) is 3.11. The molecule has 1 N–H and O–H groups in total. The van der Waals surface area contributed by atoms with E-state index in [2.05, 4.69) is 15.5 Å². The van der Waals surface area contributed by atoms with Gasteiger partial charge in [0.2, 0.25) is 11.7 Å². The van der Waals surface area contributed by atoms with Crippen LogP contribution in [0.25, 0.3) is 11.4 Å². The molecule has 26 heavy (non-hydrogen) atoms. The predicted molar refractivity (Wildman–Crippen MR) is 87.2 cm³/mol. The molecule has 134 valence electrons. The van der Waals surface area contributed by atoms with E-state index in [1.165, 1.54) is 12.1 Å². The molecular weight excluding hydrogens is 347 g/mol. The van der Waals surface area contributed by atoms with Crippen molar-refractivity contribution in [3.05, 3.63) is 71.6 Å². The fourth-order valence-corrected chi connectivity index (χ4v) is 2.26. The molecule has 0 aliphatic heterocycles. The number of halogens is 3. The van der Waals surface area contributed by atoms with Crippen LogP contribution >= 0.6 is 0 Å². The Morgan fingerprint density at radius 1 is 1.04 bits per heavy atom. The third-order valence-corrected chi connectivity index (χ3v) is 3.60. The molecule has 0 spiro atoms. The van der Waals surface area contributed by atoms with E-state index in [1.54, 1.807) is 24.3 Å². The summed E-state index contributed by atoms with van der Waals surface area (Å²) >= 11 is 0. The average molecular weight is 361 g/mol. The Kier molecular flexibility index (Phi) is 5.01. The Morgan fingerprint density at radius 2 is 1.73 bits per heavy atom. The van der Waals surface area contributed by atoms with Crippen molar-refractivity contribution in [1.29, 1.82) is 0 Å². The Balaban J connectivity index is 1.57. The van der Waals surface area contributed by atoms with Gasteiger partial charge in [-0.05, 0) is 24.3 Å². The maximum Gasteiger partial charge on any atom is 0.416 e. The summed E-state index contributed by atoms with van der Waals surface area (Å²) in [5.74, 6) is 0.268. The number of amides is 1. The summed E-state index contributed by atoms with van der Waals surface area (Å²) in [6.45, 7) is 0.294. The molecule has 2 aromatic carbocycles. The second-order valence-electron chi connectivity index (χ2n) is 5.46. The maximum absolute atomic E-state index is 12.6. The first-order valence-corrected chi connectivity index (χ1v) is 7.77. The fourth-order valence-electron chi connectivity index (χ4n) is 2.26. The van der Waals surface area contributed by atoms with Crippen molar-refractivity contribution in [3.63, 3.8) is 0 Å². The molecule has 0 saturated heterocycles. The van der Waals surface area contributed by atoms with Gasteiger partial charge in [-0.3, -0.25) is 4.79 Å². The van der Waals surface area contributed by atoms with Crippen LogP contribution in [0.4, 0.5) is 13.2 Å². The first kappa shape index (κ1) is 17.7. The molecule has 0 saturated carbocycles. The van der Waals surface area contributed by atoms with Gasteiger partial charge in [-0.25, -0.2) is 0 Å². The Labute approximate surface area is 146 Å². The second kappa shape index (κ2) is 7.38. The van der Waals surface area contributed by atoms with E-state index in [9.17, 15) is 18.0 Å². The van der Waals surface area contributed by atoms with Crippen molar-refractivity contribution in [2.24, 2.45) is 0 Å². The number of hydrogen-bond acceptors (Lipinski definition) is 4. The monoisotopic (exact) mass is 361 g/mol. The molecule has 0 unspecified atom stereocenters. The highest BCUT2D eigenvalue weighted by atomic mass is 19.4. The van der Waals surface area contributed by atoms with Crippen molar-refractivity contribution in [2.75, 3.05) is 6.54 Å². The van der Waals surface area contributed by atoms with Gasteiger partial charge in [-0.1, -0.05) is 35.5 Å². The van der Waals surface area contributed by atoms with Crippen LogP contribution in [-0.4, -0.2) is 22.6 Å². The lowest BCUT2D eigenvalue weighted by Gasteiger charge is -2.05. The number of nitrogens with one attached hydrogen (secondary N) is 1. The highest BCUT2D eigenvalue weighted by molar-refractivity contribution is 5.94. The molecule has 0 bridgehead atoms. The third-order valence-electron chi connectivity index (χ3n) is 3.60. The van der Waals surface area contributed by atoms with E-state index in [0.717, 1.165) is 12.1 Å². The van der Waals surface area contributed by atoms with Crippen LogP contribution in [0.15, 0.2) is 59.1 Å². The van der Waals surface area contributed by atoms with Crippen LogP contribution in [0, 0.1) is 0 Å². The van der Waals surface area contributed by atoms with Crippen LogP contribution in [0.1, 0.15) is 21.8 Å². The minimum Gasteiger partial charge on any atom is -0.352 e. The lowest BCUT2D eigenvalue weighted by atomic mass is 10.1. The third kappa shape index (κ3) is 4.27. The largest absolute Gasteiger partial charge is 0.416 e. The highest BCUT2D eigenvalue weighted by Crippen LogP contribution is 2.30. The molecule has 0 aliphatic rings. The number of benzene rings is 2. The van der Waals surface area contributed by atoms with Crippen molar-refractivity contribution in [2.45, 2.75) is 12.6 Å². The Morgan fingerprint density at radius 3 is 2.38 bits per heavy atom. The minimum atomic E-state index is -4.39. The molecule has 5 nitrogen and oxygen atoms in total. The Hall–Kier alpha value is -3.16. The zero-order valence-corrected chi connectivity index (χ0v) is 13.5. The van der Waals surface area contributed by atoms with Crippen LogP contribution in [0.2, 0.25) is 0 Å². The van der Waals surface area contributed by atoms with Gasteiger partial charge < -0.3 is 9.84 Å². The predicted octanol–water partition coefficient (Wildman–Crippen LogP) is 3.73. The van der Waals surface area contributed by atoms with Gasteiger partial charge in [0.1, 0.15) is 0 Å². The van der Waals surface area contributed by atoms with Crippen molar-refractivity contribution in [3.8, 4) is 11.4 Å². The van der Waals surface area contributed by atoms with Crippen molar-refractivity contribution >= 4 is 5.91 Å². The molecule has 3 rings (SSSR count). The zero-order chi connectivity index (χ0) is 18.6. The minimum absolute atomic E-state index is 0.197. The normalized spacial score (nSPS) is 11.3. The van der Waals surface area contributed by atoms with Crippen LogP contribution < -0.4 is 5.32 Å². The number of rotatable bonds is 5. The lowest BCUT2D eigenvalue weighted by Crippen LogP contribution is -2.25. The van der Waals surface area contributed by atoms with E-state index < -0.39 is 11.7 Å². The number of carbonyl (C=O) groups is 1. The van der Waals surface area contributed by atoms with Gasteiger partial charge >= 0.3 is 6.18 Å². The molecule has 0 fully saturated rings. The first-order chi connectivity index (χ1) is 12.4. The molecule has 3 aromatic rings. The quantitative estimate of drug-likeness (QED) is 0.752. The summed E-state index contributed by atoms with van der Waals surface area (Å²) in [5, 5.41) is 6.48. The van der Waals surface area contributed by atoms with Gasteiger partial charge in [0.15, 0.2) is 0 Å². The standard InChI is InChI=1S/C18H14F3N3O2/c19-18(20,21)14-8-6-12(7-9-14)16-23-15(26-24-16)10-11-22-17(25)13-4-2-1-3-5-13/h1-9H,10-11H2,(H,22,25). The summed E-state index contributed by atoms with van der Waals surface area (Å²) in [6.07, 6.45) is -4.08. The fraction of sp³-hybridized carbons (Fsp3) is 0.167. The number of nitrogens with zero attached hydrogens (tertiary/aromatic N) is 2. The second-order valence-corrected chi connectivity index (χ2v) is 5.46. The molecular formula is C18H14F3N3O2. The number of aromatic nitrogens is 2. The molecule has 1 heterocycles. The van der Waals surface area contributed by atoms with Gasteiger partial charge in [-0.2, -0.15) is 18.2 Å². The summed E-state index contributed by atoms with van der Waals surface area (Å²) < 4.78 is 42.8. The molecule has 0 aliphatic carbocycles. The molecule has 1 aromatic heterocycles. The van der Waals surface area contributed by atoms with Crippen LogP contribution in [0.5, 0.6) is 0 Å². The Bertz CT molecular complexity index is 875. The van der Waals surface area contributed by atoms with Crippen molar-refractivity contribution < 1.29 is 22.5 Å². The van der Waals surface area contributed by atoms with E-state index in [-0.39, 0.29) is 17.6 Å². The lowest BCUT2D eigenvalue weighted by molar-refractivity contribution is -0.137. The van der Waals surface area contributed by atoms with E-state index >= 15 is 0 Å². The molecule has 0 radical (unpaired) electrons. The summed E-state index contributed by atoms with van der Waals surface area (Å²) in [4.78, 5) is 16.0. The molecule has 1 amide bonds. The SMILES string of the molecule is O=C(NCCc1nc(-c2ccc(C(F)(F)F)cc2)no1)c1ccccc1. The van der Waals surface area contributed by atoms with Gasteiger partial charge in [-0.15, -0.1) is 0 Å². The van der Waals surface area contributed by atoms with E-state index in [4.69, 9.17) is 4.52 Å². The summed E-state index contributed by atoms with van der Waals surface area (Å²) in [6, 6.07) is 13.3. The number of hydrogen-bond donors (Lipinski definition) is 1. The zero-order valence-electron chi connectivity index (χ0n) is 13.5.